The monoisotopic (exact) mass is 491 g/mol. The molecule has 1 aromatic carbocycles. The number of methoxy groups -OCH3 is 1. The van der Waals surface area contributed by atoms with Crippen LogP contribution < -0.4 is 10.6 Å². The van der Waals surface area contributed by atoms with Gasteiger partial charge < -0.3 is 24.4 Å². The maximum absolute atomic E-state index is 13.6. The fourth-order valence-corrected chi connectivity index (χ4v) is 5.91. The van der Waals surface area contributed by atoms with Crippen LogP contribution in [0.4, 0.5) is 5.00 Å². The van der Waals surface area contributed by atoms with Gasteiger partial charge in [0.1, 0.15) is 10.7 Å². The van der Waals surface area contributed by atoms with Crippen molar-refractivity contribution in [2.75, 3.05) is 25.6 Å². The fraction of sp³-hybridized carbons (Fsp3) is 0.333. The second-order valence-corrected chi connectivity index (χ2v) is 9.99. The predicted octanol–water partition coefficient (Wildman–Crippen LogP) is 5.16. The first-order chi connectivity index (χ1) is 17.0. The van der Waals surface area contributed by atoms with E-state index in [1.165, 1.54) is 21.8 Å². The van der Waals surface area contributed by atoms with Gasteiger partial charge in [-0.1, -0.05) is 29.8 Å². The van der Waals surface area contributed by atoms with Crippen LogP contribution in [0.5, 0.6) is 0 Å². The number of furan rings is 1. The number of aryl methyl sites for hydroxylation is 2. The molecule has 1 aliphatic rings. The fourth-order valence-electron chi connectivity index (χ4n) is 4.63. The number of aromatic nitrogens is 1. The van der Waals surface area contributed by atoms with Crippen LogP contribution in [0.15, 0.2) is 47.1 Å². The molecule has 0 unspecified atom stereocenters. The molecule has 4 aromatic rings. The van der Waals surface area contributed by atoms with Crippen LogP contribution in [0.25, 0.3) is 11.1 Å². The van der Waals surface area contributed by atoms with Crippen LogP contribution in [0.3, 0.4) is 0 Å². The van der Waals surface area contributed by atoms with E-state index in [9.17, 15) is 9.59 Å². The highest BCUT2D eigenvalue weighted by molar-refractivity contribution is 7.17. The first kappa shape index (κ1) is 23.4. The van der Waals surface area contributed by atoms with Gasteiger partial charge >= 0.3 is 0 Å². The molecular weight excluding hydrogens is 462 g/mol. The minimum Gasteiger partial charge on any atom is -0.463 e. The Bertz CT molecular complexity index is 1360. The van der Waals surface area contributed by atoms with Crippen LogP contribution in [0, 0.1) is 6.92 Å². The van der Waals surface area contributed by atoms with Crippen LogP contribution >= 0.6 is 11.3 Å². The minimum atomic E-state index is -0.256. The number of amides is 2. The van der Waals surface area contributed by atoms with Gasteiger partial charge in [0.05, 0.1) is 24.0 Å². The van der Waals surface area contributed by atoms with Crippen molar-refractivity contribution in [2.24, 2.45) is 0 Å². The van der Waals surface area contributed by atoms with E-state index in [1.54, 1.807) is 19.4 Å². The van der Waals surface area contributed by atoms with Crippen molar-refractivity contribution in [1.29, 1.82) is 0 Å². The highest BCUT2D eigenvalue weighted by Crippen LogP contribution is 2.38. The molecule has 0 saturated carbocycles. The number of carbonyl (C=O) groups is 2. The van der Waals surface area contributed by atoms with Gasteiger partial charge in [0.2, 0.25) is 0 Å². The third-order valence-corrected chi connectivity index (χ3v) is 7.64. The van der Waals surface area contributed by atoms with E-state index in [2.05, 4.69) is 41.8 Å². The van der Waals surface area contributed by atoms with Gasteiger partial charge in [-0.15, -0.1) is 11.3 Å². The van der Waals surface area contributed by atoms with Crippen molar-refractivity contribution in [3.8, 4) is 0 Å². The maximum Gasteiger partial charge on any atom is 0.273 e. The molecule has 8 heteroatoms. The third-order valence-electron chi connectivity index (χ3n) is 6.43. The van der Waals surface area contributed by atoms with Crippen molar-refractivity contribution in [2.45, 2.75) is 39.2 Å². The summed E-state index contributed by atoms with van der Waals surface area (Å²) in [5.41, 5.74) is 5.95. The zero-order chi connectivity index (χ0) is 24.4. The molecule has 0 atom stereocenters. The predicted molar refractivity (Wildman–Crippen MR) is 138 cm³/mol. The number of anilines is 1. The minimum absolute atomic E-state index is 0.166. The average molecular weight is 492 g/mol. The number of rotatable bonds is 8. The molecular formula is C27H29N3O4S. The molecule has 0 fully saturated rings. The van der Waals surface area contributed by atoms with Crippen molar-refractivity contribution in [3.63, 3.8) is 0 Å². The number of thiophene rings is 1. The summed E-state index contributed by atoms with van der Waals surface area (Å²) in [7, 11) is 1.60. The number of ether oxygens (including phenoxy) is 1. The van der Waals surface area contributed by atoms with Crippen LogP contribution in [-0.4, -0.2) is 36.6 Å². The Kier molecular flexibility index (Phi) is 6.74. The molecule has 2 N–H and O–H groups in total. The number of carbonyl (C=O) groups excluding carboxylic acids is 2. The van der Waals surface area contributed by atoms with Crippen molar-refractivity contribution >= 4 is 39.3 Å². The first-order valence-electron chi connectivity index (χ1n) is 11.9. The summed E-state index contributed by atoms with van der Waals surface area (Å²) in [6.45, 7) is 3.45. The molecule has 182 valence electrons. The topological polar surface area (TPSA) is 85.5 Å². The van der Waals surface area contributed by atoms with Crippen LogP contribution in [-0.2, 0) is 24.1 Å². The molecule has 0 bridgehead atoms. The molecule has 3 heterocycles. The van der Waals surface area contributed by atoms with Crippen molar-refractivity contribution in [1.82, 2.24) is 9.88 Å². The summed E-state index contributed by atoms with van der Waals surface area (Å²) in [6.07, 6.45) is 5.57. The third kappa shape index (κ3) is 4.76. The van der Waals surface area contributed by atoms with Gasteiger partial charge in [-0.05, 0) is 43.7 Å². The standard InChI is InChI=1S/C27H29N3O4S/c1-17-7-9-18(10-8-17)16-30-20-11-13-34-22(20)15-21(30)25(31)29-27-24(26(32)28-12-14-33-2)19-5-3-4-6-23(19)35-27/h7-11,13,15H,3-6,12,14,16H2,1-2H3,(H,28,32)(H,29,31). The van der Waals surface area contributed by atoms with Gasteiger partial charge in [-0.3, -0.25) is 9.59 Å². The summed E-state index contributed by atoms with van der Waals surface area (Å²) < 4.78 is 12.6. The number of nitrogens with one attached hydrogen (secondary N) is 2. The second kappa shape index (κ2) is 10.1. The van der Waals surface area contributed by atoms with Crippen LogP contribution in [0.2, 0.25) is 0 Å². The van der Waals surface area contributed by atoms with E-state index >= 15 is 0 Å². The Labute approximate surface area is 208 Å². The quantitative estimate of drug-likeness (QED) is 0.334. The Balaban J connectivity index is 1.46. The first-order valence-corrected chi connectivity index (χ1v) is 12.7. The van der Waals surface area contributed by atoms with Crippen LogP contribution in [0.1, 0.15) is 55.3 Å². The number of fused-ring (bicyclic) bond motifs is 2. The highest BCUT2D eigenvalue weighted by atomic mass is 32.1. The normalized spacial score (nSPS) is 13.1. The number of nitrogens with zero attached hydrogens (tertiary/aromatic N) is 1. The Morgan fingerprint density at radius 2 is 1.91 bits per heavy atom. The molecule has 3 aromatic heterocycles. The molecule has 0 aliphatic heterocycles. The van der Waals surface area contributed by atoms with E-state index in [-0.39, 0.29) is 11.8 Å². The van der Waals surface area contributed by atoms with Gasteiger partial charge in [0.15, 0.2) is 5.58 Å². The molecule has 2 amide bonds. The Morgan fingerprint density at radius 3 is 2.71 bits per heavy atom. The lowest BCUT2D eigenvalue weighted by atomic mass is 9.95. The van der Waals surface area contributed by atoms with Gasteiger partial charge in [0, 0.05) is 37.2 Å². The lowest BCUT2D eigenvalue weighted by Gasteiger charge is -2.14. The molecule has 5 rings (SSSR count). The zero-order valence-electron chi connectivity index (χ0n) is 20.0. The van der Waals surface area contributed by atoms with Gasteiger partial charge in [-0.2, -0.15) is 0 Å². The van der Waals surface area contributed by atoms with E-state index in [0.717, 1.165) is 42.3 Å². The zero-order valence-corrected chi connectivity index (χ0v) is 20.8. The summed E-state index contributed by atoms with van der Waals surface area (Å²) >= 11 is 1.52. The lowest BCUT2D eigenvalue weighted by molar-refractivity contribution is 0.0937. The number of benzene rings is 1. The Hall–Kier alpha value is -3.36. The lowest BCUT2D eigenvalue weighted by Crippen LogP contribution is -2.29. The highest BCUT2D eigenvalue weighted by Gasteiger charge is 2.27. The SMILES string of the molecule is COCCNC(=O)c1c(NC(=O)c2cc3occc3n2Cc2ccc(C)cc2)sc2c1CCCC2. The molecule has 0 saturated heterocycles. The van der Waals surface area contributed by atoms with E-state index < -0.39 is 0 Å². The van der Waals surface area contributed by atoms with Gasteiger partial charge in [-0.25, -0.2) is 0 Å². The molecule has 35 heavy (non-hydrogen) atoms. The largest absolute Gasteiger partial charge is 0.463 e. The average Bonchev–Trinajstić information content (AvgIpc) is 3.54. The summed E-state index contributed by atoms with van der Waals surface area (Å²) in [6, 6.07) is 11.9. The molecule has 7 nitrogen and oxygen atoms in total. The molecule has 0 spiro atoms. The summed E-state index contributed by atoms with van der Waals surface area (Å²) in [5.74, 6) is -0.423. The van der Waals surface area contributed by atoms with Crippen molar-refractivity contribution < 1.29 is 18.7 Å². The second-order valence-electron chi connectivity index (χ2n) is 8.89. The van der Waals surface area contributed by atoms with E-state index in [1.807, 2.05) is 10.6 Å². The smallest absolute Gasteiger partial charge is 0.273 e. The summed E-state index contributed by atoms with van der Waals surface area (Å²) in [5, 5.41) is 6.60. The van der Waals surface area contributed by atoms with Crippen molar-refractivity contribution in [3.05, 3.63) is 75.5 Å². The molecule has 1 aliphatic carbocycles. The Morgan fingerprint density at radius 1 is 1.11 bits per heavy atom. The summed E-state index contributed by atoms with van der Waals surface area (Å²) in [4.78, 5) is 27.9. The number of hydrogen-bond acceptors (Lipinski definition) is 5. The van der Waals surface area contributed by atoms with E-state index in [0.29, 0.717) is 41.5 Å². The number of hydrogen-bond donors (Lipinski definition) is 2. The van der Waals surface area contributed by atoms with E-state index in [4.69, 9.17) is 9.15 Å². The maximum atomic E-state index is 13.6. The van der Waals surface area contributed by atoms with Gasteiger partial charge in [0.25, 0.3) is 11.8 Å². The molecule has 0 radical (unpaired) electrons.